The summed E-state index contributed by atoms with van der Waals surface area (Å²) >= 11 is 0. The van der Waals surface area contributed by atoms with Crippen molar-refractivity contribution in [3.05, 3.63) is 42.1 Å². The summed E-state index contributed by atoms with van der Waals surface area (Å²) in [6.07, 6.45) is 1.42. The lowest BCUT2D eigenvalue weighted by Gasteiger charge is -2.12. The van der Waals surface area contributed by atoms with E-state index in [0.717, 1.165) is 12.1 Å². The Bertz CT molecular complexity index is 561. The molecule has 0 radical (unpaired) electrons. The molecule has 2 aromatic rings. The van der Waals surface area contributed by atoms with Crippen LogP contribution in [0.15, 0.2) is 36.5 Å². The Morgan fingerprint density at radius 2 is 2.00 bits per heavy atom. The highest BCUT2D eigenvalue weighted by Gasteiger charge is 2.17. The maximum absolute atomic E-state index is 11.3. The predicted octanol–water partition coefficient (Wildman–Crippen LogP) is 1.81. The molecule has 5 heteroatoms. The number of nitrogens with zero attached hydrogens (tertiary/aromatic N) is 3. The summed E-state index contributed by atoms with van der Waals surface area (Å²) in [6.45, 7) is 1.46. The molecule has 0 atom stereocenters. The number of carboxylic acids is 1. The van der Waals surface area contributed by atoms with Crippen LogP contribution in [-0.2, 0) is 6.54 Å². The normalized spacial score (nSPS) is 10.9. The van der Waals surface area contributed by atoms with Gasteiger partial charge in [0.25, 0.3) is 0 Å². The van der Waals surface area contributed by atoms with E-state index >= 15 is 0 Å². The molecule has 5 nitrogen and oxygen atoms in total. The van der Waals surface area contributed by atoms with Gasteiger partial charge in [0, 0.05) is 12.1 Å². The van der Waals surface area contributed by atoms with E-state index in [1.165, 1.54) is 6.20 Å². The van der Waals surface area contributed by atoms with E-state index in [0.29, 0.717) is 12.2 Å². The van der Waals surface area contributed by atoms with E-state index in [9.17, 15) is 9.90 Å². The lowest BCUT2D eigenvalue weighted by Crippen LogP contribution is -2.19. The minimum Gasteiger partial charge on any atom is -0.478 e. The monoisotopic (exact) mass is 259 g/mol. The molecule has 0 spiro atoms. The van der Waals surface area contributed by atoms with Gasteiger partial charge in [-0.3, -0.25) is 4.68 Å². The van der Waals surface area contributed by atoms with Gasteiger partial charge in [0.15, 0.2) is 0 Å². The minimum absolute atomic E-state index is 0.241. The van der Waals surface area contributed by atoms with Crippen LogP contribution >= 0.6 is 0 Å². The number of carboxylic acid groups (broad SMARTS) is 1. The van der Waals surface area contributed by atoms with Crippen molar-refractivity contribution in [2.24, 2.45) is 0 Å². The van der Waals surface area contributed by atoms with Gasteiger partial charge in [-0.1, -0.05) is 30.3 Å². The van der Waals surface area contributed by atoms with Crippen molar-refractivity contribution in [1.82, 2.24) is 14.7 Å². The predicted molar refractivity (Wildman–Crippen MR) is 73.2 cm³/mol. The number of aromatic nitrogens is 2. The first kappa shape index (κ1) is 13.3. The van der Waals surface area contributed by atoms with Gasteiger partial charge < -0.3 is 10.0 Å². The van der Waals surface area contributed by atoms with Gasteiger partial charge in [0.05, 0.1) is 18.4 Å². The van der Waals surface area contributed by atoms with Gasteiger partial charge in [-0.2, -0.15) is 5.10 Å². The van der Waals surface area contributed by atoms with Crippen molar-refractivity contribution in [2.75, 3.05) is 20.6 Å². The van der Waals surface area contributed by atoms with E-state index in [4.69, 9.17) is 0 Å². The zero-order chi connectivity index (χ0) is 13.8. The fourth-order valence-electron chi connectivity index (χ4n) is 1.91. The summed E-state index contributed by atoms with van der Waals surface area (Å²) in [5.41, 5.74) is 1.77. The molecule has 0 unspecified atom stereocenters. The van der Waals surface area contributed by atoms with Crippen LogP contribution in [0.4, 0.5) is 0 Å². The summed E-state index contributed by atoms with van der Waals surface area (Å²) in [7, 11) is 3.95. The molecule has 1 aromatic carbocycles. The summed E-state index contributed by atoms with van der Waals surface area (Å²) in [5.74, 6) is -0.949. The Labute approximate surface area is 112 Å². The van der Waals surface area contributed by atoms with Gasteiger partial charge >= 0.3 is 5.97 Å². The number of carbonyl (C=O) groups is 1. The van der Waals surface area contributed by atoms with Crippen LogP contribution in [0, 0.1) is 0 Å². The van der Waals surface area contributed by atoms with E-state index in [1.807, 2.05) is 49.3 Å². The molecular weight excluding hydrogens is 242 g/mol. The van der Waals surface area contributed by atoms with Crippen molar-refractivity contribution in [3.8, 4) is 11.3 Å². The van der Waals surface area contributed by atoms with E-state index < -0.39 is 5.97 Å². The minimum atomic E-state index is -0.949. The maximum Gasteiger partial charge on any atom is 0.339 e. The second kappa shape index (κ2) is 5.67. The topological polar surface area (TPSA) is 58.4 Å². The number of hydrogen-bond donors (Lipinski definition) is 1. The number of likely N-dealkylation sites (N-methyl/N-ethyl adjacent to an activating group) is 1. The molecule has 1 heterocycles. The van der Waals surface area contributed by atoms with Gasteiger partial charge in [-0.15, -0.1) is 0 Å². The van der Waals surface area contributed by atoms with Crippen molar-refractivity contribution >= 4 is 5.97 Å². The standard InChI is InChI=1S/C14H17N3O2/c1-16(2)8-9-17-13(11-6-4-3-5-7-11)12(10-15-17)14(18)19/h3-7,10H,8-9H2,1-2H3,(H,18,19). The molecule has 2 rings (SSSR count). The largest absolute Gasteiger partial charge is 0.478 e. The molecule has 19 heavy (non-hydrogen) atoms. The molecule has 100 valence electrons. The van der Waals surface area contributed by atoms with Crippen molar-refractivity contribution in [3.63, 3.8) is 0 Å². The molecule has 0 aliphatic carbocycles. The fraction of sp³-hybridized carbons (Fsp3) is 0.286. The number of aromatic carboxylic acids is 1. The highest BCUT2D eigenvalue weighted by atomic mass is 16.4. The molecular formula is C14H17N3O2. The third-order valence-corrected chi connectivity index (χ3v) is 2.88. The zero-order valence-electron chi connectivity index (χ0n) is 11.1. The smallest absolute Gasteiger partial charge is 0.339 e. The summed E-state index contributed by atoms with van der Waals surface area (Å²) < 4.78 is 1.75. The van der Waals surface area contributed by atoms with E-state index in [-0.39, 0.29) is 5.56 Å². The molecule has 1 N–H and O–H groups in total. The van der Waals surface area contributed by atoms with Gasteiger partial charge in [0.2, 0.25) is 0 Å². The van der Waals surface area contributed by atoms with E-state index in [1.54, 1.807) is 4.68 Å². The molecule has 0 bridgehead atoms. The van der Waals surface area contributed by atoms with Crippen LogP contribution < -0.4 is 0 Å². The Kier molecular flexibility index (Phi) is 3.97. The SMILES string of the molecule is CN(C)CCn1ncc(C(=O)O)c1-c1ccccc1. The Morgan fingerprint density at radius 1 is 1.32 bits per heavy atom. The maximum atomic E-state index is 11.3. The Hall–Kier alpha value is -2.14. The second-order valence-electron chi connectivity index (χ2n) is 4.60. The third-order valence-electron chi connectivity index (χ3n) is 2.88. The highest BCUT2D eigenvalue weighted by molar-refractivity contribution is 5.94. The molecule has 0 amide bonds. The van der Waals surface area contributed by atoms with Gasteiger partial charge in [0.1, 0.15) is 5.56 Å². The van der Waals surface area contributed by atoms with Crippen LogP contribution in [0.1, 0.15) is 10.4 Å². The highest BCUT2D eigenvalue weighted by Crippen LogP contribution is 2.23. The number of rotatable bonds is 5. The first-order chi connectivity index (χ1) is 9.09. The van der Waals surface area contributed by atoms with Crippen molar-refractivity contribution in [1.29, 1.82) is 0 Å². The second-order valence-corrected chi connectivity index (χ2v) is 4.60. The van der Waals surface area contributed by atoms with Crippen LogP contribution in [0.2, 0.25) is 0 Å². The fourth-order valence-corrected chi connectivity index (χ4v) is 1.91. The number of hydrogen-bond acceptors (Lipinski definition) is 3. The van der Waals surface area contributed by atoms with Crippen LogP contribution in [0.25, 0.3) is 11.3 Å². The molecule has 0 fully saturated rings. The molecule has 1 aromatic heterocycles. The Balaban J connectivity index is 2.42. The van der Waals surface area contributed by atoms with Gasteiger partial charge in [-0.05, 0) is 14.1 Å². The average molecular weight is 259 g/mol. The summed E-state index contributed by atoms with van der Waals surface area (Å²) in [6, 6.07) is 9.49. The van der Waals surface area contributed by atoms with Crippen LogP contribution in [-0.4, -0.2) is 46.4 Å². The third kappa shape index (κ3) is 3.00. The van der Waals surface area contributed by atoms with Crippen LogP contribution in [0.3, 0.4) is 0 Å². The Morgan fingerprint density at radius 3 is 2.58 bits per heavy atom. The lowest BCUT2D eigenvalue weighted by molar-refractivity contribution is 0.0697. The lowest BCUT2D eigenvalue weighted by atomic mass is 10.1. The van der Waals surface area contributed by atoms with Gasteiger partial charge in [-0.25, -0.2) is 4.79 Å². The molecule has 0 saturated heterocycles. The molecule has 0 saturated carbocycles. The number of benzene rings is 1. The average Bonchev–Trinajstić information content (AvgIpc) is 2.81. The zero-order valence-corrected chi connectivity index (χ0v) is 11.1. The summed E-state index contributed by atoms with van der Waals surface area (Å²) in [5, 5.41) is 13.4. The molecule has 0 aliphatic rings. The first-order valence-corrected chi connectivity index (χ1v) is 6.09. The quantitative estimate of drug-likeness (QED) is 0.889. The van der Waals surface area contributed by atoms with Crippen molar-refractivity contribution in [2.45, 2.75) is 6.54 Å². The van der Waals surface area contributed by atoms with E-state index in [2.05, 4.69) is 5.10 Å². The first-order valence-electron chi connectivity index (χ1n) is 6.09. The van der Waals surface area contributed by atoms with Crippen LogP contribution in [0.5, 0.6) is 0 Å². The molecule has 0 aliphatic heterocycles. The summed E-state index contributed by atoms with van der Waals surface area (Å²) in [4.78, 5) is 13.3. The van der Waals surface area contributed by atoms with Crippen molar-refractivity contribution < 1.29 is 9.90 Å².